The zero-order valence-electron chi connectivity index (χ0n) is 13.6. The fraction of sp³-hybridized carbons (Fsp3) is 0.0952. The van der Waals surface area contributed by atoms with Crippen LogP contribution >= 0.6 is 11.8 Å². The second-order valence-corrected chi connectivity index (χ2v) is 6.35. The van der Waals surface area contributed by atoms with Gasteiger partial charge in [-0.15, -0.1) is 11.8 Å². The van der Waals surface area contributed by atoms with E-state index in [0.717, 1.165) is 22.8 Å². The van der Waals surface area contributed by atoms with E-state index < -0.39 is 0 Å². The third kappa shape index (κ3) is 4.74. The van der Waals surface area contributed by atoms with Crippen molar-refractivity contribution in [3.05, 3.63) is 90.0 Å². The van der Waals surface area contributed by atoms with E-state index >= 15 is 0 Å². The molecule has 120 valence electrons. The molecule has 3 aromatic rings. The van der Waals surface area contributed by atoms with Crippen LogP contribution in [0.4, 0.5) is 5.69 Å². The van der Waals surface area contributed by atoms with Crippen molar-refractivity contribution < 1.29 is 4.74 Å². The fourth-order valence-corrected chi connectivity index (χ4v) is 3.11. The molecule has 3 rings (SSSR count). The molecule has 2 nitrogen and oxygen atoms in total. The minimum Gasteiger partial charge on any atom is -0.497 e. The lowest BCUT2D eigenvalue weighted by Crippen LogP contribution is -1.85. The molecule has 3 heteroatoms. The van der Waals surface area contributed by atoms with Crippen LogP contribution in [0.2, 0.25) is 0 Å². The first-order valence-corrected chi connectivity index (χ1v) is 8.77. The van der Waals surface area contributed by atoms with Crippen molar-refractivity contribution in [1.29, 1.82) is 0 Å². The van der Waals surface area contributed by atoms with Gasteiger partial charge >= 0.3 is 0 Å². The quantitative estimate of drug-likeness (QED) is 0.424. The lowest BCUT2D eigenvalue weighted by molar-refractivity contribution is 0.415. The summed E-state index contributed by atoms with van der Waals surface area (Å²) in [4.78, 5) is 5.81. The second kappa shape index (κ2) is 8.37. The van der Waals surface area contributed by atoms with Gasteiger partial charge in [0.05, 0.1) is 12.8 Å². The van der Waals surface area contributed by atoms with Crippen LogP contribution in [0.5, 0.6) is 5.75 Å². The first-order valence-electron chi connectivity index (χ1n) is 7.78. The van der Waals surface area contributed by atoms with Crippen molar-refractivity contribution in [3.8, 4) is 5.75 Å². The Bertz CT molecular complexity index is 798. The van der Waals surface area contributed by atoms with Crippen molar-refractivity contribution in [2.75, 3.05) is 7.11 Å². The molecule has 0 bridgehead atoms. The Balaban J connectivity index is 1.60. The maximum absolute atomic E-state index is 5.22. The van der Waals surface area contributed by atoms with Crippen molar-refractivity contribution in [1.82, 2.24) is 0 Å². The minimum atomic E-state index is 0.840. The smallest absolute Gasteiger partial charge is 0.119 e. The topological polar surface area (TPSA) is 21.6 Å². The monoisotopic (exact) mass is 333 g/mol. The van der Waals surface area contributed by atoms with E-state index in [-0.39, 0.29) is 0 Å². The SMILES string of the molecule is COc1cccc(C=Nc2ccc(CSc3ccccc3)cc2)c1. The normalized spacial score (nSPS) is 10.9. The van der Waals surface area contributed by atoms with Crippen LogP contribution in [-0.4, -0.2) is 13.3 Å². The van der Waals surface area contributed by atoms with Crippen LogP contribution in [0, 0.1) is 0 Å². The highest BCUT2D eigenvalue weighted by Gasteiger charge is 1.97. The zero-order valence-corrected chi connectivity index (χ0v) is 14.4. The maximum Gasteiger partial charge on any atom is 0.119 e. The molecule has 0 saturated heterocycles. The number of nitrogens with zero attached hydrogens (tertiary/aromatic N) is 1. The van der Waals surface area contributed by atoms with E-state index in [1.165, 1.54) is 10.5 Å². The summed E-state index contributed by atoms with van der Waals surface area (Å²) in [7, 11) is 1.67. The van der Waals surface area contributed by atoms with Crippen LogP contribution in [0.15, 0.2) is 88.8 Å². The highest BCUT2D eigenvalue weighted by molar-refractivity contribution is 7.98. The zero-order chi connectivity index (χ0) is 16.6. The molecule has 0 aliphatic heterocycles. The van der Waals surface area contributed by atoms with E-state index in [2.05, 4.69) is 53.5 Å². The molecule has 0 heterocycles. The summed E-state index contributed by atoms with van der Waals surface area (Å²) in [6, 6.07) is 26.7. The highest BCUT2D eigenvalue weighted by atomic mass is 32.2. The van der Waals surface area contributed by atoms with E-state index in [1.54, 1.807) is 7.11 Å². The number of aliphatic imine (C=N–C) groups is 1. The van der Waals surface area contributed by atoms with Gasteiger partial charge in [0.2, 0.25) is 0 Å². The summed E-state index contributed by atoms with van der Waals surface area (Å²) in [5, 5.41) is 0. The van der Waals surface area contributed by atoms with E-state index in [9.17, 15) is 0 Å². The van der Waals surface area contributed by atoms with Crippen molar-refractivity contribution in [2.45, 2.75) is 10.6 Å². The van der Waals surface area contributed by atoms with Gasteiger partial charge in [-0.05, 0) is 47.5 Å². The average molecular weight is 333 g/mol. The van der Waals surface area contributed by atoms with Crippen LogP contribution in [0.3, 0.4) is 0 Å². The summed E-state index contributed by atoms with van der Waals surface area (Å²) < 4.78 is 5.22. The highest BCUT2D eigenvalue weighted by Crippen LogP contribution is 2.23. The molecule has 0 aliphatic carbocycles. The van der Waals surface area contributed by atoms with Gasteiger partial charge in [0.1, 0.15) is 5.75 Å². The number of methoxy groups -OCH3 is 1. The van der Waals surface area contributed by atoms with Gasteiger partial charge in [0.25, 0.3) is 0 Å². The number of rotatable bonds is 6. The summed E-state index contributed by atoms with van der Waals surface area (Å²) in [6.45, 7) is 0. The minimum absolute atomic E-state index is 0.840. The standard InChI is InChI=1S/C21H19NOS/c1-23-20-7-5-6-18(14-20)15-22-19-12-10-17(11-13-19)16-24-21-8-3-2-4-9-21/h2-15H,16H2,1H3. The van der Waals surface area contributed by atoms with Crippen LogP contribution in [0.1, 0.15) is 11.1 Å². The number of benzene rings is 3. The predicted octanol–water partition coefficient (Wildman–Crippen LogP) is 5.74. The Kier molecular flexibility index (Phi) is 5.70. The molecule has 0 radical (unpaired) electrons. The molecule has 0 unspecified atom stereocenters. The first-order chi connectivity index (χ1) is 11.8. The van der Waals surface area contributed by atoms with Crippen molar-refractivity contribution in [3.63, 3.8) is 0 Å². The van der Waals surface area contributed by atoms with E-state index in [1.807, 2.05) is 48.3 Å². The molecule has 24 heavy (non-hydrogen) atoms. The Morgan fingerprint density at radius 2 is 1.71 bits per heavy atom. The van der Waals surface area contributed by atoms with Crippen LogP contribution in [-0.2, 0) is 5.75 Å². The van der Waals surface area contributed by atoms with Crippen molar-refractivity contribution in [2.24, 2.45) is 4.99 Å². The molecule has 0 aliphatic rings. The summed E-state index contributed by atoms with van der Waals surface area (Å²) in [5.41, 5.74) is 3.27. The molecular formula is C21H19NOS. The molecule has 0 N–H and O–H groups in total. The lowest BCUT2D eigenvalue weighted by Gasteiger charge is -2.03. The van der Waals surface area contributed by atoms with Crippen LogP contribution < -0.4 is 4.74 Å². The summed E-state index contributed by atoms with van der Waals surface area (Å²) in [6.07, 6.45) is 1.86. The Labute approximate surface area is 147 Å². The van der Waals surface area contributed by atoms with E-state index in [4.69, 9.17) is 4.74 Å². The molecular weight excluding hydrogens is 314 g/mol. The van der Waals surface area contributed by atoms with Gasteiger partial charge in [-0.3, -0.25) is 4.99 Å². The summed E-state index contributed by atoms with van der Waals surface area (Å²) >= 11 is 1.84. The lowest BCUT2D eigenvalue weighted by atomic mass is 10.2. The van der Waals surface area contributed by atoms with Gasteiger partial charge in [0.15, 0.2) is 0 Å². The molecule has 0 spiro atoms. The predicted molar refractivity (Wildman–Crippen MR) is 103 cm³/mol. The van der Waals surface area contributed by atoms with Gasteiger partial charge in [-0.2, -0.15) is 0 Å². The number of thioether (sulfide) groups is 1. The molecule has 0 aromatic heterocycles. The average Bonchev–Trinajstić information content (AvgIpc) is 2.66. The largest absolute Gasteiger partial charge is 0.497 e. The fourth-order valence-electron chi connectivity index (χ4n) is 2.23. The molecule has 0 fully saturated rings. The number of hydrogen-bond acceptors (Lipinski definition) is 3. The van der Waals surface area contributed by atoms with Crippen LogP contribution in [0.25, 0.3) is 0 Å². The molecule has 0 amide bonds. The Morgan fingerprint density at radius 3 is 2.46 bits per heavy atom. The first kappa shape index (κ1) is 16.3. The van der Waals surface area contributed by atoms with E-state index in [0.29, 0.717) is 0 Å². The number of ether oxygens (including phenoxy) is 1. The maximum atomic E-state index is 5.22. The van der Waals surface area contributed by atoms with Gasteiger partial charge in [-0.1, -0.05) is 42.5 Å². The number of hydrogen-bond donors (Lipinski definition) is 0. The Morgan fingerprint density at radius 1 is 0.917 bits per heavy atom. The summed E-state index contributed by atoms with van der Waals surface area (Å²) in [5.74, 6) is 1.80. The van der Waals surface area contributed by atoms with Gasteiger partial charge in [-0.25, -0.2) is 0 Å². The molecule has 3 aromatic carbocycles. The van der Waals surface area contributed by atoms with Gasteiger partial charge in [0, 0.05) is 16.9 Å². The Hall–Kier alpha value is -2.52. The third-order valence-corrected chi connectivity index (χ3v) is 4.62. The van der Waals surface area contributed by atoms with Gasteiger partial charge < -0.3 is 4.74 Å². The third-order valence-electron chi connectivity index (χ3n) is 3.54. The second-order valence-electron chi connectivity index (χ2n) is 5.30. The van der Waals surface area contributed by atoms with Crippen molar-refractivity contribution >= 4 is 23.7 Å². The molecule has 0 atom stereocenters. The molecule has 0 saturated carbocycles.